The average molecular weight is 283 g/mol. The Labute approximate surface area is 115 Å². The van der Waals surface area contributed by atoms with Crippen molar-refractivity contribution in [2.75, 3.05) is 6.54 Å². The number of nitrogens with one attached hydrogen (secondary N) is 1. The van der Waals surface area contributed by atoms with Gasteiger partial charge in [-0.25, -0.2) is 0 Å². The second kappa shape index (κ2) is 5.71. The number of hydrogen-bond acceptors (Lipinski definition) is 2. The van der Waals surface area contributed by atoms with Crippen molar-refractivity contribution in [1.29, 1.82) is 0 Å². The maximum Gasteiger partial charge on any atom is 0.390 e. The third kappa shape index (κ3) is 3.42. The Bertz CT molecular complexity index is 600. The van der Waals surface area contributed by atoms with Crippen molar-refractivity contribution in [3.63, 3.8) is 0 Å². The Balaban J connectivity index is 2.25. The summed E-state index contributed by atoms with van der Waals surface area (Å²) >= 11 is 0. The van der Waals surface area contributed by atoms with Crippen LogP contribution in [0.25, 0.3) is 16.5 Å². The zero-order valence-corrected chi connectivity index (χ0v) is 11.1. The summed E-state index contributed by atoms with van der Waals surface area (Å²) in [5.41, 5.74) is 1.72. The largest absolute Gasteiger partial charge is 0.464 e. The highest BCUT2D eigenvalue weighted by molar-refractivity contribution is 5.82. The molecule has 0 aliphatic carbocycles. The van der Waals surface area contributed by atoms with Gasteiger partial charge in [-0.3, -0.25) is 0 Å². The van der Waals surface area contributed by atoms with Gasteiger partial charge in [0, 0.05) is 11.4 Å². The SMILES string of the molecule is C=C(c1ccc2ccoc2c1)C(CC(F)(F)F)NCC. The Morgan fingerprint density at radius 1 is 1.35 bits per heavy atom. The lowest BCUT2D eigenvalue weighted by atomic mass is 9.97. The van der Waals surface area contributed by atoms with Crippen molar-refractivity contribution >= 4 is 16.5 Å². The molecule has 0 saturated heterocycles. The monoisotopic (exact) mass is 283 g/mol. The highest BCUT2D eigenvalue weighted by atomic mass is 19.4. The van der Waals surface area contributed by atoms with Crippen LogP contribution in [0, 0.1) is 0 Å². The number of fused-ring (bicyclic) bond motifs is 1. The molecule has 0 aliphatic rings. The van der Waals surface area contributed by atoms with Crippen LogP contribution in [0.1, 0.15) is 18.9 Å². The smallest absolute Gasteiger partial charge is 0.390 e. The van der Waals surface area contributed by atoms with E-state index in [1.807, 2.05) is 6.07 Å². The lowest BCUT2D eigenvalue weighted by molar-refractivity contribution is -0.136. The average Bonchev–Trinajstić information content (AvgIpc) is 2.83. The first kappa shape index (κ1) is 14.7. The molecule has 0 aliphatic heterocycles. The fourth-order valence-corrected chi connectivity index (χ4v) is 2.15. The molecule has 1 aromatic heterocycles. The standard InChI is InChI=1S/C15H16F3NO/c1-3-19-13(9-15(16,17)18)10(2)12-5-4-11-6-7-20-14(11)8-12/h4-8,13,19H,2-3,9H2,1H3. The Hall–Kier alpha value is -1.75. The topological polar surface area (TPSA) is 25.2 Å². The maximum atomic E-state index is 12.6. The Kier molecular flexibility index (Phi) is 4.18. The van der Waals surface area contributed by atoms with E-state index >= 15 is 0 Å². The molecule has 0 saturated carbocycles. The molecule has 20 heavy (non-hydrogen) atoms. The predicted molar refractivity (Wildman–Crippen MR) is 73.4 cm³/mol. The van der Waals surface area contributed by atoms with Crippen LogP contribution in [0.3, 0.4) is 0 Å². The maximum absolute atomic E-state index is 12.6. The van der Waals surface area contributed by atoms with E-state index < -0.39 is 18.6 Å². The van der Waals surface area contributed by atoms with E-state index in [0.717, 1.165) is 5.39 Å². The molecular weight excluding hydrogens is 267 g/mol. The number of rotatable bonds is 5. The van der Waals surface area contributed by atoms with Crippen LogP contribution in [0.2, 0.25) is 0 Å². The summed E-state index contributed by atoms with van der Waals surface area (Å²) in [6.45, 7) is 6.03. The third-order valence-corrected chi connectivity index (χ3v) is 3.13. The summed E-state index contributed by atoms with van der Waals surface area (Å²) < 4.78 is 43.1. The highest BCUT2D eigenvalue weighted by Crippen LogP contribution is 2.29. The van der Waals surface area contributed by atoms with Gasteiger partial charge in [-0.2, -0.15) is 13.2 Å². The van der Waals surface area contributed by atoms with Crippen LogP contribution in [0.5, 0.6) is 0 Å². The van der Waals surface area contributed by atoms with E-state index in [4.69, 9.17) is 4.42 Å². The Morgan fingerprint density at radius 3 is 2.75 bits per heavy atom. The van der Waals surface area contributed by atoms with E-state index in [1.165, 1.54) is 0 Å². The molecule has 1 N–H and O–H groups in total. The summed E-state index contributed by atoms with van der Waals surface area (Å²) in [4.78, 5) is 0. The lowest BCUT2D eigenvalue weighted by Gasteiger charge is -2.22. The number of hydrogen-bond donors (Lipinski definition) is 1. The summed E-state index contributed by atoms with van der Waals surface area (Å²) in [6.07, 6.45) is -3.62. The molecule has 1 heterocycles. The van der Waals surface area contributed by atoms with Gasteiger partial charge >= 0.3 is 6.18 Å². The molecule has 0 bridgehead atoms. The molecule has 1 atom stereocenters. The molecule has 1 unspecified atom stereocenters. The van der Waals surface area contributed by atoms with Crippen molar-refractivity contribution in [3.8, 4) is 0 Å². The zero-order chi connectivity index (χ0) is 14.8. The summed E-state index contributed by atoms with van der Waals surface area (Å²) in [6, 6.07) is 6.28. The van der Waals surface area contributed by atoms with Gasteiger partial charge in [-0.15, -0.1) is 0 Å². The molecule has 0 radical (unpaired) electrons. The molecule has 1 aromatic carbocycles. The van der Waals surface area contributed by atoms with E-state index in [0.29, 0.717) is 23.3 Å². The molecule has 2 aromatic rings. The second-order valence-electron chi connectivity index (χ2n) is 4.63. The molecule has 0 spiro atoms. The van der Waals surface area contributed by atoms with Gasteiger partial charge in [-0.1, -0.05) is 25.6 Å². The van der Waals surface area contributed by atoms with Crippen molar-refractivity contribution in [3.05, 3.63) is 42.7 Å². The number of furan rings is 1. The van der Waals surface area contributed by atoms with Gasteiger partial charge in [0.15, 0.2) is 0 Å². The van der Waals surface area contributed by atoms with Gasteiger partial charge in [-0.05, 0) is 29.8 Å². The number of alkyl halides is 3. The van der Waals surface area contributed by atoms with Gasteiger partial charge < -0.3 is 9.73 Å². The molecule has 5 heteroatoms. The zero-order valence-electron chi connectivity index (χ0n) is 11.1. The Morgan fingerprint density at radius 2 is 2.10 bits per heavy atom. The van der Waals surface area contributed by atoms with Crippen LogP contribution in [-0.2, 0) is 0 Å². The van der Waals surface area contributed by atoms with E-state index in [1.54, 1.807) is 31.4 Å². The molecule has 2 nitrogen and oxygen atoms in total. The third-order valence-electron chi connectivity index (χ3n) is 3.13. The van der Waals surface area contributed by atoms with Crippen LogP contribution >= 0.6 is 0 Å². The first-order valence-corrected chi connectivity index (χ1v) is 6.37. The van der Waals surface area contributed by atoms with Crippen molar-refractivity contribution in [2.24, 2.45) is 0 Å². The lowest BCUT2D eigenvalue weighted by Crippen LogP contribution is -2.34. The summed E-state index contributed by atoms with van der Waals surface area (Å²) in [5.74, 6) is 0. The fourth-order valence-electron chi connectivity index (χ4n) is 2.15. The summed E-state index contributed by atoms with van der Waals surface area (Å²) in [5, 5.41) is 3.74. The van der Waals surface area contributed by atoms with Crippen molar-refractivity contribution in [1.82, 2.24) is 5.32 Å². The molecular formula is C15H16F3NO. The summed E-state index contributed by atoms with van der Waals surface area (Å²) in [7, 11) is 0. The molecule has 2 rings (SSSR count). The molecule has 0 amide bonds. The van der Waals surface area contributed by atoms with Gasteiger partial charge in [0.25, 0.3) is 0 Å². The van der Waals surface area contributed by atoms with E-state index in [-0.39, 0.29) is 0 Å². The van der Waals surface area contributed by atoms with Crippen molar-refractivity contribution in [2.45, 2.75) is 25.6 Å². The first-order valence-electron chi connectivity index (χ1n) is 6.37. The predicted octanol–water partition coefficient (Wildman–Crippen LogP) is 4.38. The van der Waals surface area contributed by atoms with E-state index in [9.17, 15) is 13.2 Å². The van der Waals surface area contributed by atoms with Crippen LogP contribution in [-0.4, -0.2) is 18.8 Å². The minimum Gasteiger partial charge on any atom is -0.464 e. The van der Waals surface area contributed by atoms with Crippen LogP contribution in [0.4, 0.5) is 13.2 Å². The fraction of sp³-hybridized carbons (Fsp3) is 0.333. The first-order chi connectivity index (χ1) is 9.40. The minimum atomic E-state index is -4.23. The number of likely N-dealkylation sites (N-methyl/N-ethyl adjacent to an activating group) is 1. The quantitative estimate of drug-likeness (QED) is 0.881. The number of benzene rings is 1. The second-order valence-corrected chi connectivity index (χ2v) is 4.63. The van der Waals surface area contributed by atoms with Gasteiger partial charge in [0.1, 0.15) is 5.58 Å². The normalized spacial score (nSPS) is 13.6. The van der Waals surface area contributed by atoms with E-state index in [2.05, 4.69) is 11.9 Å². The number of halogens is 3. The van der Waals surface area contributed by atoms with Crippen LogP contribution in [0.15, 0.2) is 41.5 Å². The van der Waals surface area contributed by atoms with Gasteiger partial charge in [0.05, 0.1) is 12.7 Å². The highest BCUT2D eigenvalue weighted by Gasteiger charge is 2.33. The minimum absolute atomic E-state index is 0.419. The van der Waals surface area contributed by atoms with Crippen LogP contribution < -0.4 is 5.32 Å². The van der Waals surface area contributed by atoms with Gasteiger partial charge in [0.2, 0.25) is 0 Å². The molecule has 108 valence electrons. The van der Waals surface area contributed by atoms with Crippen molar-refractivity contribution < 1.29 is 17.6 Å². The molecule has 0 fully saturated rings.